The van der Waals surface area contributed by atoms with Crippen LogP contribution in [0.4, 0.5) is 0 Å². The van der Waals surface area contributed by atoms with E-state index in [1.807, 2.05) is 4.90 Å². The predicted molar refractivity (Wildman–Crippen MR) is 103 cm³/mol. The highest BCUT2D eigenvalue weighted by Gasteiger charge is 2.01. The van der Waals surface area contributed by atoms with E-state index < -0.39 is 0 Å². The summed E-state index contributed by atoms with van der Waals surface area (Å²) in [6, 6.07) is 0. The van der Waals surface area contributed by atoms with Crippen LogP contribution in [-0.4, -0.2) is 24.4 Å². The first-order chi connectivity index (χ1) is 11.3. The molecule has 0 aromatic heterocycles. The number of nitrogens with zero attached hydrogens (tertiary/aromatic N) is 1. The highest BCUT2D eigenvalue weighted by atomic mass is 16.1. The van der Waals surface area contributed by atoms with E-state index in [-0.39, 0.29) is 0 Å². The standard InChI is InChI=1S/C21H43NO/c1-3-5-7-9-11-13-15-17-19-22(21-23)20-18-16-14-12-10-8-6-4-2/h21H,3-20H2,1-2H3. The smallest absolute Gasteiger partial charge is 0.209 e. The third kappa shape index (κ3) is 17.7. The zero-order chi connectivity index (χ0) is 17.0. The number of amides is 1. The fraction of sp³-hybridized carbons (Fsp3) is 0.952. The van der Waals surface area contributed by atoms with Gasteiger partial charge in [0.25, 0.3) is 0 Å². The van der Waals surface area contributed by atoms with Gasteiger partial charge in [0, 0.05) is 13.1 Å². The van der Waals surface area contributed by atoms with E-state index in [1.54, 1.807) is 0 Å². The summed E-state index contributed by atoms with van der Waals surface area (Å²) in [5.74, 6) is 0. The Labute approximate surface area is 146 Å². The van der Waals surface area contributed by atoms with Crippen molar-refractivity contribution in [3.05, 3.63) is 0 Å². The normalized spacial score (nSPS) is 10.9. The third-order valence-electron chi connectivity index (χ3n) is 4.75. The summed E-state index contributed by atoms with van der Waals surface area (Å²) in [5.41, 5.74) is 0. The molecule has 0 N–H and O–H groups in total. The van der Waals surface area contributed by atoms with Crippen LogP contribution in [0.2, 0.25) is 0 Å². The lowest BCUT2D eigenvalue weighted by Crippen LogP contribution is -2.24. The van der Waals surface area contributed by atoms with Crippen LogP contribution in [0.1, 0.15) is 117 Å². The Kier molecular flexibility index (Phi) is 19.1. The first-order valence-electron chi connectivity index (χ1n) is 10.5. The van der Waals surface area contributed by atoms with Crippen LogP contribution in [0.25, 0.3) is 0 Å². The SMILES string of the molecule is CCCCCCCCCCN(C=O)CCCCCCCCCC. The van der Waals surface area contributed by atoms with Crippen LogP contribution in [0.3, 0.4) is 0 Å². The van der Waals surface area contributed by atoms with Crippen LogP contribution in [0.15, 0.2) is 0 Å². The first kappa shape index (κ1) is 22.5. The molecule has 23 heavy (non-hydrogen) atoms. The van der Waals surface area contributed by atoms with E-state index in [9.17, 15) is 4.79 Å². The summed E-state index contributed by atoms with van der Waals surface area (Å²) < 4.78 is 0. The van der Waals surface area contributed by atoms with Gasteiger partial charge < -0.3 is 4.90 Å². The Morgan fingerprint density at radius 1 is 0.522 bits per heavy atom. The topological polar surface area (TPSA) is 20.3 Å². The zero-order valence-corrected chi connectivity index (χ0v) is 16.2. The molecule has 0 atom stereocenters. The largest absolute Gasteiger partial charge is 0.345 e. The Hall–Kier alpha value is -0.530. The molecule has 1 amide bonds. The highest BCUT2D eigenvalue weighted by Crippen LogP contribution is 2.10. The van der Waals surface area contributed by atoms with Crippen molar-refractivity contribution in [1.29, 1.82) is 0 Å². The van der Waals surface area contributed by atoms with Crippen molar-refractivity contribution in [3.63, 3.8) is 0 Å². The minimum absolute atomic E-state index is 0.967. The molecule has 138 valence electrons. The number of carbonyl (C=O) groups excluding carboxylic acids is 1. The number of hydrogen-bond acceptors (Lipinski definition) is 1. The van der Waals surface area contributed by atoms with Crippen LogP contribution in [-0.2, 0) is 4.79 Å². The minimum Gasteiger partial charge on any atom is -0.345 e. The second-order valence-electron chi connectivity index (χ2n) is 7.09. The average Bonchev–Trinajstić information content (AvgIpc) is 2.57. The van der Waals surface area contributed by atoms with Gasteiger partial charge in [-0.1, -0.05) is 104 Å². The molecule has 2 heteroatoms. The second-order valence-corrected chi connectivity index (χ2v) is 7.09. The van der Waals surface area contributed by atoms with Crippen molar-refractivity contribution in [3.8, 4) is 0 Å². The quantitative estimate of drug-likeness (QED) is 0.190. The molecule has 0 fully saturated rings. The second kappa shape index (κ2) is 19.5. The lowest BCUT2D eigenvalue weighted by Gasteiger charge is -2.17. The third-order valence-corrected chi connectivity index (χ3v) is 4.75. The van der Waals surface area contributed by atoms with E-state index >= 15 is 0 Å². The first-order valence-corrected chi connectivity index (χ1v) is 10.5. The summed E-state index contributed by atoms with van der Waals surface area (Å²) in [4.78, 5) is 13.1. The van der Waals surface area contributed by atoms with Crippen LogP contribution in [0, 0.1) is 0 Å². The molecule has 0 aliphatic rings. The van der Waals surface area contributed by atoms with Gasteiger partial charge >= 0.3 is 0 Å². The Morgan fingerprint density at radius 3 is 1.13 bits per heavy atom. The molecule has 0 radical (unpaired) electrons. The summed E-state index contributed by atoms with van der Waals surface area (Å²) in [7, 11) is 0. The highest BCUT2D eigenvalue weighted by molar-refractivity contribution is 5.46. The lowest BCUT2D eigenvalue weighted by atomic mass is 10.1. The van der Waals surface area contributed by atoms with E-state index in [0.717, 1.165) is 19.5 Å². The Bertz CT molecular complexity index is 210. The number of carbonyl (C=O) groups is 1. The maximum absolute atomic E-state index is 11.1. The molecule has 0 aliphatic carbocycles. The van der Waals surface area contributed by atoms with Crippen LogP contribution < -0.4 is 0 Å². The molecular weight excluding hydrogens is 282 g/mol. The van der Waals surface area contributed by atoms with Crippen LogP contribution in [0.5, 0.6) is 0 Å². The molecule has 0 rings (SSSR count). The van der Waals surface area contributed by atoms with Gasteiger partial charge in [-0.15, -0.1) is 0 Å². The van der Waals surface area contributed by atoms with E-state index in [1.165, 1.54) is 103 Å². The molecule has 0 heterocycles. The summed E-state index contributed by atoms with van der Waals surface area (Å²) in [5, 5.41) is 0. The maximum Gasteiger partial charge on any atom is 0.209 e. The van der Waals surface area contributed by atoms with Gasteiger partial charge in [0.15, 0.2) is 0 Å². The lowest BCUT2D eigenvalue weighted by molar-refractivity contribution is -0.118. The monoisotopic (exact) mass is 325 g/mol. The van der Waals surface area contributed by atoms with Gasteiger partial charge in [-0.2, -0.15) is 0 Å². The molecule has 2 nitrogen and oxygen atoms in total. The fourth-order valence-corrected chi connectivity index (χ4v) is 3.11. The molecule has 0 aliphatic heterocycles. The van der Waals surface area contributed by atoms with Crippen molar-refractivity contribution in [2.75, 3.05) is 13.1 Å². The van der Waals surface area contributed by atoms with Crippen molar-refractivity contribution in [2.45, 2.75) is 117 Å². The molecule has 0 saturated heterocycles. The summed E-state index contributed by atoms with van der Waals surface area (Å²) in [6.45, 7) is 6.46. The van der Waals surface area contributed by atoms with Crippen molar-refractivity contribution in [1.82, 2.24) is 4.90 Å². The van der Waals surface area contributed by atoms with E-state index in [2.05, 4.69) is 13.8 Å². The fourth-order valence-electron chi connectivity index (χ4n) is 3.11. The van der Waals surface area contributed by atoms with Gasteiger partial charge in [-0.05, 0) is 12.8 Å². The summed E-state index contributed by atoms with van der Waals surface area (Å²) >= 11 is 0. The van der Waals surface area contributed by atoms with Gasteiger partial charge in [-0.25, -0.2) is 0 Å². The minimum atomic E-state index is 0.967. The van der Waals surface area contributed by atoms with Gasteiger partial charge in [0.05, 0.1) is 0 Å². The molecule has 0 aromatic rings. The molecule has 0 spiro atoms. The number of rotatable bonds is 19. The van der Waals surface area contributed by atoms with Crippen molar-refractivity contribution < 1.29 is 4.79 Å². The van der Waals surface area contributed by atoms with Gasteiger partial charge in [0.2, 0.25) is 6.41 Å². The summed E-state index contributed by atoms with van der Waals surface area (Å²) in [6.07, 6.45) is 22.4. The van der Waals surface area contributed by atoms with Crippen molar-refractivity contribution >= 4 is 6.41 Å². The number of unbranched alkanes of at least 4 members (excludes halogenated alkanes) is 14. The van der Waals surface area contributed by atoms with E-state index in [0.29, 0.717) is 0 Å². The molecule has 0 unspecified atom stereocenters. The molecular formula is C21H43NO. The molecule has 0 bridgehead atoms. The van der Waals surface area contributed by atoms with Crippen LogP contribution >= 0.6 is 0 Å². The van der Waals surface area contributed by atoms with Gasteiger partial charge in [-0.3, -0.25) is 4.79 Å². The maximum atomic E-state index is 11.1. The molecule has 0 saturated carbocycles. The molecule has 0 aromatic carbocycles. The average molecular weight is 326 g/mol. The van der Waals surface area contributed by atoms with Gasteiger partial charge in [0.1, 0.15) is 0 Å². The predicted octanol–water partition coefficient (Wildman–Crippen LogP) is 6.73. The van der Waals surface area contributed by atoms with E-state index in [4.69, 9.17) is 0 Å². The Balaban J connectivity index is 3.30. The number of hydrogen-bond donors (Lipinski definition) is 0. The zero-order valence-electron chi connectivity index (χ0n) is 16.2. The Morgan fingerprint density at radius 2 is 0.826 bits per heavy atom. The van der Waals surface area contributed by atoms with Crippen molar-refractivity contribution in [2.24, 2.45) is 0 Å².